The largest absolute Gasteiger partial charge is 0.399 e. The molecule has 0 aliphatic carbocycles. The number of aryl methyl sites for hydroxylation is 2. The van der Waals surface area contributed by atoms with Crippen LogP contribution in [0.5, 0.6) is 0 Å². The zero-order valence-corrected chi connectivity index (χ0v) is 10.2. The Morgan fingerprint density at radius 3 is 2.19 bits per heavy atom. The van der Waals surface area contributed by atoms with E-state index in [9.17, 15) is 4.79 Å². The maximum Gasteiger partial charge on any atom is 0.319 e. The number of nitrogens with two attached hydrogens (primary N) is 1. The zero-order chi connectivity index (χ0) is 12.3. The number of nitrogen functional groups attached to an aromatic ring is 1. The lowest BCUT2D eigenvalue weighted by molar-refractivity contribution is 0.250. The van der Waals surface area contributed by atoms with Crippen LogP contribution in [0.3, 0.4) is 0 Å². The molecule has 88 valence electrons. The number of amides is 2. The molecular weight excluding hydrogens is 202 g/mol. The summed E-state index contributed by atoms with van der Waals surface area (Å²) < 4.78 is 0. The van der Waals surface area contributed by atoms with E-state index in [1.807, 2.05) is 39.8 Å². The summed E-state index contributed by atoms with van der Waals surface area (Å²) in [6.45, 7) is 7.69. The monoisotopic (exact) mass is 221 g/mol. The molecule has 0 radical (unpaired) electrons. The lowest BCUT2D eigenvalue weighted by Gasteiger charge is -2.14. The molecule has 4 N–H and O–H groups in total. The lowest BCUT2D eigenvalue weighted by Crippen LogP contribution is -2.34. The summed E-state index contributed by atoms with van der Waals surface area (Å²) in [4.78, 5) is 11.6. The Balaban J connectivity index is 2.85. The first-order valence-electron chi connectivity index (χ1n) is 5.34. The van der Waals surface area contributed by atoms with Gasteiger partial charge in [-0.15, -0.1) is 0 Å². The molecular formula is C12H19N3O. The standard InChI is InChI=1S/C12H19N3O/c1-7(2)14-12(16)15-11-8(3)5-10(13)6-9(11)4/h5-7H,13H2,1-4H3,(H2,14,15,16). The van der Waals surface area contributed by atoms with Gasteiger partial charge in [-0.05, 0) is 51.0 Å². The first-order valence-corrected chi connectivity index (χ1v) is 5.34. The summed E-state index contributed by atoms with van der Waals surface area (Å²) in [5.41, 5.74) is 9.19. The molecule has 0 aliphatic heterocycles. The third kappa shape index (κ3) is 3.15. The fraction of sp³-hybridized carbons (Fsp3) is 0.417. The van der Waals surface area contributed by atoms with Crippen molar-refractivity contribution in [2.45, 2.75) is 33.7 Å². The molecule has 0 saturated heterocycles. The van der Waals surface area contributed by atoms with Crippen molar-refractivity contribution in [3.63, 3.8) is 0 Å². The number of hydrogen-bond acceptors (Lipinski definition) is 2. The van der Waals surface area contributed by atoms with Crippen LogP contribution in [-0.4, -0.2) is 12.1 Å². The number of benzene rings is 1. The second kappa shape index (κ2) is 4.88. The van der Waals surface area contributed by atoms with Crippen LogP contribution < -0.4 is 16.4 Å². The molecule has 0 aliphatic rings. The van der Waals surface area contributed by atoms with E-state index < -0.39 is 0 Å². The van der Waals surface area contributed by atoms with Gasteiger partial charge in [-0.1, -0.05) is 0 Å². The van der Waals surface area contributed by atoms with Gasteiger partial charge in [-0.3, -0.25) is 0 Å². The Kier molecular flexibility index (Phi) is 3.77. The molecule has 0 fully saturated rings. The highest BCUT2D eigenvalue weighted by atomic mass is 16.2. The van der Waals surface area contributed by atoms with Crippen LogP contribution in [0.1, 0.15) is 25.0 Å². The molecule has 0 aromatic heterocycles. The second-order valence-corrected chi connectivity index (χ2v) is 4.28. The van der Waals surface area contributed by atoms with Crippen LogP contribution in [0.25, 0.3) is 0 Å². The average Bonchev–Trinajstić information content (AvgIpc) is 2.09. The van der Waals surface area contributed by atoms with Crippen LogP contribution in [0.2, 0.25) is 0 Å². The van der Waals surface area contributed by atoms with Gasteiger partial charge in [0.2, 0.25) is 0 Å². The Morgan fingerprint density at radius 2 is 1.75 bits per heavy atom. The molecule has 4 nitrogen and oxygen atoms in total. The van der Waals surface area contributed by atoms with Crippen molar-refractivity contribution < 1.29 is 4.79 Å². The van der Waals surface area contributed by atoms with Crippen molar-refractivity contribution in [3.05, 3.63) is 23.3 Å². The number of carbonyl (C=O) groups excluding carboxylic acids is 1. The van der Waals surface area contributed by atoms with Gasteiger partial charge in [0.05, 0.1) is 0 Å². The van der Waals surface area contributed by atoms with E-state index in [-0.39, 0.29) is 12.1 Å². The smallest absolute Gasteiger partial charge is 0.319 e. The van der Waals surface area contributed by atoms with E-state index >= 15 is 0 Å². The molecule has 0 unspecified atom stereocenters. The number of anilines is 2. The normalized spacial score (nSPS) is 10.3. The third-order valence-corrected chi connectivity index (χ3v) is 2.21. The van der Waals surface area contributed by atoms with Crippen molar-refractivity contribution in [2.75, 3.05) is 11.1 Å². The predicted molar refractivity (Wildman–Crippen MR) is 67.6 cm³/mol. The number of carbonyl (C=O) groups is 1. The SMILES string of the molecule is Cc1cc(N)cc(C)c1NC(=O)NC(C)C. The molecule has 0 heterocycles. The summed E-state index contributed by atoms with van der Waals surface area (Å²) in [6, 6.07) is 3.62. The van der Waals surface area contributed by atoms with Crippen molar-refractivity contribution in [3.8, 4) is 0 Å². The molecule has 0 bridgehead atoms. The number of hydrogen-bond donors (Lipinski definition) is 3. The van der Waals surface area contributed by atoms with Gasteiger partial charge in [0.15, 0.2) is 0 Å². The fourth-order valence-electron chi connectivity index (χ4n) is 1.61. The highest BCUT2D eigenvalue weighted by molar-refractivity contribution is 5.91. The quantitative estimate of drug-likeness (QED) is 0.671. The first kappa shape index (κ1) is 12.4. The topological polar surface area (TPSA) is 67.1 Å². The van der Waals surface area contributed by atoms with Crippen LogP contribution in [-0.2, 0) is 0 Å². The summed E-state index contributed by atoms with van der Waals surface area (Å²) in [5.74, 6) is 0. The van der Waals surface area contributed by atoms with E-state index in [0.717, 1.165) is 16.8 Å². The van der Waals surface area contributed by atoms with Crippen molar-refractivity contribution in [1.29, 1.82) is 0 Å². The van der Waals surface area contributed by atoms with Gasteiger partial charge in [0.1, 0.15) is 0 Å². The molecule has 0 saturated carbocycles. The molecule has 1 aromatic carbocycles. The summed E-state index contributed by atoms with van der Waals surface area (Å²) in [5, 5.41) is 5.61. The van der Waals surface area contributed by atoms with E-state index in [1.165, 1.54) is 0 Å². The minimum Gasteiger partial charge on any atom is -0.399 e. The summed E-state index contributed by atoms with van der Waals surface area (Å²) in [6.07, 6.45) is 0. The number of nitrogens with one attached hydrogen (secondary N) is 2. The van der Waals surface area contributed by atoms with E-state index in [2.05, 4.69) is 10.6 Å². The number of urea groups is 1. The van der Waals surface area contributed by atoms with Gasteiger partial charge in [0.25, 0.3) is 0 Å². The molecule has 16 heavy (non-hydrogen) atoms. The van der Waals surface area contributed by atoms with Crippen LogP contribution in [0.15, 0.2) is 12.1 Å². The van der Waals surface area contributed by atoms with Gasteiger partial charge in [-0.25, -0.2) is 4.79 Å². The van der Waals surface area contributed by atoms with Gasteiger partial charge < -0.3 is 16.4 Å². The van der Waals surface area contributed by atoms with Gasteiger partial charge >= 0.3 is 6.03 Å². The predicted octanol–water partition coefficient (Wildman–Crippen LogP) is 2.42. The van der Waals surface area contributed by atoms with Gasteiger partial charge in [-0.2, -0.15) is 0 Å². The van der Waals surface area contributed by atoms with Crippen molar-refractivity contribution >= 4 is 17.4 Å². The fourth-order valence-corrected chi connectivity index (χ4v) is 1.61. The molecule has 0 spiro atoms. The maximum absolute atomic E-state index is 11.6. The first-order chi connectivity index (χ1) is 7.40. The van der Waals surface area contributed by atoms with Crippen molar-refractivity contribution in [1.82, 2.24) is 5.32 Å². The Hall–Kier alpha value is -1.71. The third-order valence-electron chi connectivity index (χ3n) is 2.21. The van der Waals surface area contributed by atoms with Gasteiger partial charge in [0, 0.05) is 17.4 Å². The molecule has 2 amide bonds. The summed E-state index contributed by atoms with van der Waals surface area (Å²) >= 11 is 0. The van der Waals surface area contributed by atoms with Crippen molar-refractivity contribution in [2.24, 2.45) is 0 Å². The molecule has 1 rings (SSSR count). The molecule has 4 heteroatoms. The second-order valence-electron chi connectivity index (χ2n) is 4.28. The van der Waals surface area contributed by atoms with Crippen LogP contribution in [0.4, 0.5) is 16.2 Å². The summed E-state index contributed by atoms with van der Waals surface area (Å²) in [7, 11) is 0. The lowest BCUT2D eigenvalue weighted by atomic mass is 10.1. The Labute approximate surface area is 96.2 Å². The Bertz CT molecular complexity index is 376. The Morgan fingerprint density at radius 1 is 1.25 bits per heavy atom. The molecule has 1 aromatic rings. The number of rotatable bonds is 2. The van der Waals surface area contributed by atoms with Crippen LogP contribution in [0, 0.1) is 13.8 Å². The highest BCUT2D eigenvalue weighted by Crippen LogP contribution is 2.23. The maximum atomic E-state index is 11.6. The highest BCUT2D eigenvalue weighted by Gasteiger charge is 2.08. The van der Waals surface area contributed by atoms with E-state index in [0.29, 0.717) is 5.69 Å². The minimum absolute atomic E-state index is 0.120. The average molecular weight is 221 g/mol. The van der Waals surface area contributed by atoms with Crippen LogP contribution >= 0.6 is 0 Å². The molecule has 0 atom stereocenters. The van der Waals surface area contributed by atoms with E-state index in [4.69, 9.17) is 5.73 Å². The minimum atomic E-state index is -0.189. The van der Waals surface area contributed by atoms with E-state index in [1.54, 1.807) is 0 Å². The zero-order valence-electron chi connectivity index (χ0n) is 10.2.